The molecule has 1 aromatic carbocycles. The lowest BCUT2D eigenvalue weighted by Crippen LogP contribution is -2.45. The minimum atomic E-state index is -3.07. The van der Waals surface area contributed by atoms with Crippen LogP contribution in [0.3, 0.4) is 0 Å². The third-order valence-corrected chi connectivity index (χ3v) is 9.60. The van der Waals surface area contributed by atoms with Crippen LogP contribution in [0.2, 0.25) is 5.28 Å². The maximum absolute atomic E-state index is 14.0. The Morgan fingerprint density at radius 1 is 1.16 bits per heavy atom. The molecule has 1 heterocycles. The first-order chi connectivity index (χ1) is 17.9. The number of unbranched alkanes of at least 4 members (excludes halogenated alkanes) is 1. The predicted molar refractivity (Wildman–Crippen MR) is 156 cm³/mol. The summed E-state index contributed by atoms with van der Waals surface area (Å²) in [6.07, 6.45) is 8.26. The summed E-state index contributed by atoms with van der Waals surface area (Å²) >= 11 is 6.13. The molecule has 0 radical (unpaired) electrons. The van der Waals surface area contributed by atoms with Crippen molar-refractivity contribution in [2.45, 2.75) is 91.0 Å². The van der Waals surface area contributed by atoms with Gasteiger partial charge in [-0.3, -0.25) is 14.7 Å². The van der Waals surface area contributed by atoms with Crippen LogP contribution < -0.4 is 4.90 Å². The van der Waals surface area contributed by atoms with Gasteiger partial charge in [-0.05, 0) is 87.4 Å². The number of amides is 1. The van der Waals surface area contributed by atoms with E-state index < -0.39 is 15.1 Å². The number of aryl methyl sites for hydroxylation is 1. The minimum absolute atomic E-state index is 0.00501. The number of anilines is 1. The molecule has 1 saturated carbocycles. The number of hydrogen-bond donors (Lipinski definition) is 0. The quantitative estimate of drug-likeness (QED) is 0.221. The Morgan fingerprint density at radius 2 is 1.79 bits per heavy atom. The number of aliphatic imine (C=N–C) groups is 1. The average molecular weight is 561 g/mol. The van der Waals surface area contributed by atoms with Crippen molar-refractivity contribution in [3.05, 3.63) is 52.4 Å². The minimum Gasteiger partial charge on any atom is -0.288 e. The van der Waals surface area contributed by atoms with Gasteiger partial charge in [0.1, 0.15) is 21.4 Å². The van der Waals surface area contributed by atoms with Gasteiger partial charge in [0.2, 0.25) is 5.28 Å². The number of benzene rings is 1. The van der Waals surface area contributed by atoms with Crippen LogP contribution >= 0.6 is 11.6 Å². The molecule has 0 bridgehead atoms. The zero-order chi connectivity index (χ0) is 28.0. The molecule has 1 aliphatic carbocycles. The van der Waals surface area contributed by atoms with E-state index in [-0.39, 0.29) is 23.2 Å². The molecular formula is C29H41ClN4O3S. The van der Waals surface area contributed by atoms with Crippen LogP contribution in [-0.2, 0) is 27.6 Å². The third-order valence-electron chi connectivity index (χ3n) is 7.60. The van der Waals surface area contributed by atoms with Crippen LogP contribution in [0.1, 0.15) is 76.5 Å². The third kappa shape index (κ3) is 8.09. The molecule has 0 spiro atoms. The second-order valence-electron chi connectivity index (χ2n) is 10.8. The molecule has 0 saturated heterocycles. The SMILES string of the molecule is CCCCC(=NCc1ccc(CC(C)C(C)S(C)(=O)=O)cc1)C(=O)N(c1nc(Cl)ncc1C)C(C)C1CC1. The normalized spacial score (nSPS) is 16.7. The van der Waals surface area contributed by atoms with E-state index in [9.17, 15) is 13.2 Å². The first kappa shape index (κ1) is 30.2. The maximum atomic E-state index is 14.0. The summed E-state index contributed by atoms with van der Waals surface area (Å²) in [5.41, 5.74) is 3.44. The number of hydrogen-bond acceptors (Lipinski definition) is 6. The molecule has 1 fully saturated rings. The van der Waals surface area contributed by atoms with E-state index in [1.54, 1.807) is 18.0 Å². The van der Waals surface area contributed by atoms with E-state index in [1.807, 2.05) is 38.1 Å². The van der Waals surface area contributed by atoms with E-state index >= 15 is 0 Å². The van der Waals surface area contributed by atoms with E-state index in [0.717, 1.165) is 42.4 Å². The highest BCUT2D eigenvalue weighted by molar-refractivity contribution is 7.91. The molecule has 7 nitrogen and oxygen atoms in total. The van der Waals surface area contributed by atoms with Crippen LogP contribution in [-0.4, -0.2) is 47.6 Å². The van der Waals surface area contributed by atoms with Gasteiger partial charge in [0.05, 0.1) is 11.8 Å². The molecule has 0 aliphatic heterocycles. The maximum Gasteiger partial charge on any atom is 0.273 e. The van der Waals surface area contributed by atoms with Crippen molar-refractivity contribution in [1.82, 2.24) is 9.97 Å². The van der Waals surface area contributed by atoms with Crippen molar-refractivity contribution < 1.29 is 13.2 Å². The van der Waals surface area contributed by atoms with Crippen LogP contribution in [0.25, 0.3) is 0 Å². The summed E-state index contributed by atoms with van der Waals surface area (Å²) in [4.78, 5) is 29.1. The average Bonchev–Trinajstić information content (AvgIpc) is 3.71. The van der Waals surface area contributed by atoms with Crippen molar-refractivity contribution in [2.24, 2.45) is 16.8 Å². The molecule has 38 heavy (non-hydrogen) atoms. The Kier molecular flexibility index (Phi) is 10.5. The lowest BCUT2D eigenvalue weighted by molar-refractivity contribution is -0.113. The fraction of sp³-hybridized carbons (Fsp3) is 0.586. The highest BCUT2D eigenvalue weighted by Crippen LogP contribution is 2.37. The zero-order valence-electron chi connectivity index (χ0n) is 23.4. The first-order valence-corrected chi connectivity index (χ1v) is 15.9. The fourth-order valence-corrected chi connectivity index (χ4v) is 5.65. The molecule has 3 atom stereocenters. The van der Waals surface area contributed by atoms with Crippen LogP contribution in [0.5, 0.6) is 0 Å². The molecule has 9 heteroatoms. The van der Waals surface area contributed by atoms with Gasteiger partial charge in [0.15, 0.2) is 0 Å². The predicted octanol–water partition coefficient (Wildman–Crippen LogP) is 6.01. The van der Waals surface area contributed by atoms with E-state index in [1.165, 1.54) is 6.26 Å². The largest absolute Gasteiger partial charge is 0.288 e. The van der Waals surface area contributed by atoms with Crippen molar-refractivity contribution in [2.75, 3.05) is 11.2 Å². The van der Waals surface area contributed by atoms with Crippen LogP contribution in [0.4, 0.5) is 5.82 Å². The van der Waals surface area contributed by atoms with Gasteiger partial charge in [-0.15, -0.1) is 0 Å². The van der Waals surface area contributed by atoms with Crippen molar-refractivity contribution in [1.29, 1.82) is 0 Å². The van der Waals surface area contributed by atoms with Crippen molar-refractivity contribution in [3.63, 3.8) is 0 Å². The highest BCUT2D eigenvalue weighted by atomic mass is 35.5. The summed E-state index contributed by atoms with van der Waals surface area (Å²) in [6, 6.07) is 8.07. The molecular weight excluding hydrogens is 520 g/mol. The topological polar surface area (TPSA) is 92.6 Å². The molecule has 1 amide bonds. The number of carbonyl (C=O) groups is 1. The number of nitrogens with zero attached hydrogens (tertiary/aromatic N) is 4. The molecule has 1 aliphatic rings. The van der Waals surface area contributed by atoms with E-state index in [0.29, 0.717) is 36.8 Å². The second-order valence-corrected chi connectivity index (χ2v) is 13.5. The summed E-state index contributed by atoms with van der Waals surface area (Å²) in [6.45, 7) is 10.2. The Labute approximate surface area is 233 Å². The number of carbonyl (C=O) groups excluding carboxylic acids is 1. The molecule has 3 unspecified atom stereocenters. The Bertz CT molecular complexity index is 1240. The van der Waals surface area contributed by atoms with E-state index in [4.69, 9.17) is 16.6 Å². The summed E-state index contributed by atoms with van der Waals surface area (Å²) < 4.78 is 23.8. The summed E-state index contributed by atoms with van der Waals surface area (Å²) in [5.74, 6) is 0.904. The molecule has 0 N–H and O–H groups in total. The van der Waals surface area contributed by atoms with E-state index in [2.05, 4.69) is 23.8 Å². The number of aromatic nitrogens is 2. The van der Waals surface area contributed by atoms with Gasteiger partial charge >= 0.3 is 0 Å². The van der Waals surface area contributed by atoms with Gasteiger partial charge in [-0.1, -0.05) is 44.5 Å². The van der Waals surface area contributed by atoms with Crippen molar-refractivity contribution >= 4 is 38.9 Å². The van der Waals surface area contributed by atoms with Gasteiger partial charge < -0.3 is 0 Å². The summed E-state index contributed by atoms with van der Waals surface area (Å²) in [5, 5.41) is -0.271. The second kappa shape index (κ2) is 13.2. The standard InChI is InChI=1S/C29H41ClN4O3S/c1-7-8-9-26(28(35)34(21(4)25-14-15-25)27-20(3)17-32-29(30)33-27)31-18-24-12-10-23(11-13-24)16-19(2)22(5)38(6,36)37/h10-13,17,19,21-22,25H,7-9,14-16,18H2,1-6H3. The number of halogens is 1. The molecule has 1 aromatic heterocycles. The Balaban J connectivity index is 1.81. The van der Waals surface area contributed by atoms with Gasteiger partial charge in [-0.25, -0.2) is 13.4 Å². The molecule has 2 aromatic rings. The van der Waals surface area contributed by atoms with Crippen molar-refractivity contribution in [3.8, 4) is 0 Å². The molecule has 208 valence electrons. The lowest BCUT2D eigenvalue weighted by Gasteiger charge is -2.30. The van der Waals surface area contributed by atoms with Gasteiger partial charge in [-0.2, -0.15) is 4.98 Å². The first-order valence-electron chi connectivity index (χ1n) is 13.5. The van der Waals surface area contributed by atoms with Crippen LogP contribution in [0.15, 0.2) is 35.5 Å². The smallest absolute Gasteiger partial charge is 0.273 e. The van der Waals surface area contributed by atoms with Gasteiger partial charge in [0.25, 0.3) is 5.91 Å². The van der Waals surface area contributed by atoms with Gasteiger partial charge in [0, 0.05) is 24.1 Å². The Hall–Kier alpha value is -2.32. The Morgan fingerprint density at radius 3 is 2.37 bits per heavy atom. The number of sulfone groups is 1. The lowest BCUT2D eigenvalue weighted by atomic mass is 9.98. The molecule has 3 rings (SSSR count). The highest BCUT2D eigenvalue weighted by Gasteiger charge is 2.37. The number of rotatable bonds is 13. The zero-order valence-corrected chi connectivity index (χ0v) is 25.0. The monoisotopic (exact) mass is 560 g/mol. The fourth-order valence-electron chi connectivity index (χ4n) is 4.58. The summed E-state index contributed by atoms with van der Waals surface area (Å²) in [7, 11) is -3.07. The van der Waals surface area contributed by atoms with Crippen LogP contribution in [0, 0.1) is 18.8 Å².